The normalized spacial score (nSPS) is 20.6. The standard InChI is InChI=1S/C19H36N2/c1-17(2)9-7-10-18(3)13-15-20-14-8-12-19-11-5-6-16-21(19)4/h9,13,19-20H,5-8,10-12,14-16H2,1-4H3/b18-13+. The van der Waals surface area contributed by atoms with Crippen molar-refractivity contribution < 1.29 is 0 Å². The predicted molar refractivity (Wildman–Crippen MR) is 94.8 cm³/mol. The molecule has 21 heavy (non-hydrogen) atoms. The zero-order valence-electron chi connectivity index (χ0n) is 14.8. The Morgan fingerprint density at radius 2 is 2.00 bits per heavy atom. The van der Waals surface area contributed by atoms with Crippen molar-refractivity contribution in [3.63, 3.8) is 0 Å². The molecule has 1 N–H and O–H groups in total. The minimum atomic E-state index is 0.835. The molecule has 1 heterocycles. The minimum Gasteiger partial charge on any atom is -0.313 e. The molecule has 0 aromatic rings. The average molecular weight is 293 g/mol. The first-order valence-electron chi connectivity index (χ1n) is 8.79. The largest absolute Gasteiger partial charge is 0.313 e. The topological polar surface area (TPSA) is 15.3 Å². The Hall–Kier alpha value is -0.600. The van der Waals surface area contributed by atoms with Crippen molar-refractivity contribution in [1.29, 1.82) is 0 Å². The molecule has 0 aliphatic carbocycles. The van der Waals surface area contributed by atoms with E-state index in [1.165, 1.54) is 62.6 Å². The Morgan fingerprint density at radius 1 is 1.19 bits per heavy atom. The lowest BCUT2D eigenvalue weighted by Crippen LogP contribution is -2.36. The fourth-order valence-electron chi connectivity index (χ4n) is 3.01. The van der Waals surface area contributed by atoms with Crippen LogP contribution in [0.4, 0.5) is 0 Å². The van der Waals surface area contributed by atoms with Gasteiger partial charge in [0.2, 0.25) is 0 Å². The van der Waals surface area contributed by atoms with Gasteiger partial charge in [-0.05, 0) is 79.4 Å². The van der Waals surface area contributed by atoms with Gasteiger partial charge in [0.05, 0.1) is 0 Å². The summed E-state index contributed by atoms with van der Waals surface area (Å²) in [6.07, 6.45) is 13.9. The fraction of sp³-hybridized carbons (Fsp3) is 0.789. The van der Waals surface area contributed by atoms with Crippen LogP contribution in [0.15, 0.2) is 23.3 Å². The zero-order chi connectivity index (χ0) is 15.5. The summed E-state index contributed by atoms with van der Waals surface area (Å²) in [4.78, 5) is 2.55. The summed E-state index contributed by atoms with van der Waals surface area (Å²) in [5.41, 5.74) is 2.93. The van der Waals surface area contributed by atoms with E-state index in [0.29, 0.717) is 0 Å². The maximum atomic E-state index is 3.56. The van der Waals surface area contributed by atoms with Crippen LogP contribution in [0.5, 0.6) is 0 Å². The second-order valence-electron chi connectivity index (χ2n) is 6.85. The second-order valence-corrected chi connectivity index (χ2v) is 6.85. The van der Waals surface area contributed by atoms with Gasteiger partial charge in [0.1, 0.15) is 0 Å². The van der Waals surface area contributed by atoms with Crippen LogP contribution in [0.25, 0.3) is 0 Å². The minimum absolute atomic E-state index is 0.835. The molecule has 2 nitrogen and oxygen atoms in total. The van der Waals surface area contributed by atoms with Crippen molar-refractivity contribution in [3.8, 4) is 0 Å². The molecule has 122 valence electrons. The Bertz CT molecular complexity index is 326. The summed E-state index contributed by atoms with van der Waals surface area (Å²) in [5, 5.41) is 3.56. The van der Waals surface area contributed by atoms with Gasteiger partial charge in [-0.25, -0.2) is 0 Å². The van der Waals surface area contributed by atoms with Crippen molar-refractivity contribution in [1.82, 2.24) is 10.2 Å². The first-order chi connectivity index (χ1) is 10.1. The van der Waals surface area contributed by atoms with Gasteiger partial charge < -0.3 is 10.2 Å². The van der Waals surface area contributed by atoms with Gasteiger partial charge in [-0.3, -0.25) is 0 Å². The van der Waals surface area contributed by atoms with Crippen LogP contribution in [0.1, 0.15) is 65.7 Å². The summed E-state index contributed by atoms with van der Waals surface area (Å²) >= 11 is 0. The van der Waals surface area contributed by atoms with Gasteiger partial charge in [0.15, 0.2) is 0 Å². The molecular weight excluding hydrogens is 256 g/mol. The number of hydrogen-bond donors (Lipinski definition) is 1. The molecular formula is C19H36N2. The average Bonchev–Trinajstić information content (AvgIpc) is 2.44. The number of rotatable bonds is 9. The fourth-order valence-corrected chi connectivity index (χ4v) is 3.01. The van der Waals surface area contributed by atoms with Gasteiger partial charge in [0, 0.05) is 12.6 Å². The van der Waals surface area contributed by atoms with Crippen molar-refractivity contribution >= 4 is 0 Å². The molecule has 0 spiro atoms. The first-order valence-corrected chi connectivity index (χ1v) is 8.79. The van der Waals surface area contributed by atoms with E-state index in [4.69, 9.17) is 0 Å². The molecule has 1 rings (SSSR count). The number of nitrogens with one attached hydrogen (secondary N) is 1. The molecule has 1 fully saturated rings. The first kappa shape index (κ1) is 18.4. The molecule has 0 bridgehead atoms. The van der Waals surface area contributed by atoms with Crippen LogP contribution in [0.3, 0.4) is 0 Å². The lowest BCUT2D eigenvalue weighted by molar-refractivity contribution is 0.174. The third kappa shape index (κ3) is 9.10. The van der Waals surface area contributed by atoms with E-state index in [2.05, 4.69) is 50.2 Å². The summed E-state index contributed by atoms with van der Waals surface area (Å²) in [7, 11) is 2.29. The van der Waals surface area contributed by atoms with E-state index in [-0.39, 0.29) is 0 Å². The smallest absolute Gasteiger partial charge is 0.0137 e. The van der Waals surface area contributed by atoms with E-state index in [1.807, 2.05) is 0 Å². The van der Waals surface area contributed by atoms with Gasteiger partial charge >= 0.3 is 0 Å². The summed E-state index contributed by atoms with van der Waals surface area (Å²) in [6, 6.07) is 0.835. The van der Waals surface area contributed by atoms with Crippen LogP contribution in [0.2, 0.25) is 0 Å². The third-order valence-corrected chi connectivity index (χ3v) is 4.50. The number of nitrogens with zero attached hydrogens (tertiary/aromatic N) is 1. The quantitative estimate of drug-likeness (QED) is 0.496. The SMILES string of the molecule is CC(C)=CCC/C(C)=C/CNCCCC1CCCCN1C. The zero-order valence-corrected chi connectivity index (χ0v) is 14.8. The predicted octanol–water partition coefficient (Wildman–Crippen LogP) is 4.53. The molecule has 1 aliphatic heterocycles. The molecule has 1 aliphatic rings. The third-order valence-electron chi connectivity index (χ3n) is 4.50. The van der Waals surface area contributed by atoms with E-state index >= 15 is 0 Å². The molecule has 1 atom stereocenters. The highest BCUT2D eigenvalue weighted by Crippen LogP contribution is 2.18. The Kier molecular flexibility index (Phi) is 9.69. The van der Waals surface area contributed by atoms with Crippen LogP contribution in [-0.4, -0.2) is 37.6 Å². The van der Waals surface area contributed by atoms with E-state index < -0.39 is 0 Å². The monoisotopic (exact) mass is 292 g/mol. The maximum Gasteiger partial charge on any atom is 0.0137 e. The molecule has 1 unspecified atom stereocenters. The summed E-state index contributed by atoms with van der Waals surface area (Å²) in [6.45, 7) is 10.1. The van der Waals surface area contributed by atoms with Crippen molar-refractivity contribution in [2.75, 3.05) is 26.7 Å². The highest BCUT2D eigenvalue weighted by Gasteiger charge is 2.17. The highest BCUT2D eigenvalue weighted by atomic mass is 15.1. The van der Waals surface area contributed by atoms with E-state index in [0.717, 1.165) is 19.1 Å². The molecule has 0 aromatic heterocycles. The van der Waals surface area contributed by atoms with Crippen molar-refractivity contribution in [2.45, 2.75) is 71.8 Å². The number of likely N-dealkylation sites (tertiary alicyclic amines) is 1. The second kappa shape index (κ2) is 11.0. The number of piperidine rings is 1. The lowest BCUT2D eigenvalue weighted by atomic mass is 9.99. The van der Waals surface area contributed by atoms with Gasteiger partial charge in [-0.2, -0.15) is 0 Å². The summed E-state index contributed by atoms with van der Waals surface area (Å²) < 4.78 is 0. The summed E-state index contributed by atoms with van der Waals surface area (Å²) in [5.74, 6) is 0. The molecule has 2 heteroatoms. The Labute approximate surface area is 132 Å². The molecule has 0 aromatic carbocycles. The van der Waals surface area contributed by atoms with Crippen LogP contribution >= 0.6 is 0 Å². The van der Waals surface area contributed by atoms with Crippen LogP contribution in [0, 0.1) is 0 Å². The van der Waals surface area contributed by atoms with Crippen LogP contribution in [-0.2, 0) is 0 Å². The van der Waals surface area contributed by atoms with Gasteiger partial charge in [0.25, 0.3) is 0 Å². The van der Waals surface area contributed by atoms with Gasteiger partial charge in [-0.1, -0.05) is 29.7 Å². The van der Waals surface area contributed by atoms with E-state index in [1.54, 1.807) is 0 Å². The van der Waals surface area contributed by atoms with Crippen LogP contribution < -0.4 is 5.32 Å². The lowest BCUT2D eigenvalue weighted by Gasteiger charge is -2.32. The van der Waals surface area contributed by atoms with Crippen molar-refractivity contribution in [2.24, 2.45) is 0 Å². The number of allylic oxidation sites excluding steroid dienone is 3. The van der Waals surface area contributed by atoms with Gasteiger partial charge in [-0.15, -0.1) is 0 Å². The molecule has 0 radical (unpaired) electrons. The highest BCUT2D eigenvalue weighted by molar-refractivity contribution is 5.02. The molecule has 0 saturated carbocycles. The molecule has 0 amide bonds. The molecule has 1 saturated heterocycles. The van der Waals surface area contributed by atoms with Crippen molar-refractivity contribution in [3.05, 3.63) is 23.3 Å². The maximum absolute atomic E-state index is 3.56. The number of hydrogen-bond acceptors (Lipinski definition) is 2. The Balaban J connectivity index is 2.01. The Morgan fingerprint density at radius 3 is 2.71 bits per heavy atom. The van der Waals surface area contributed by atoms with E-state index in [9.17, 15) is 0 Å².